The van der Waals surface area contributed by atoms with E-state index in [0.29, 0.717) is 24.0 Å². The monoisotopic (exact) mass is 1010 g/mol. The Morgan fingerprint density at radius 3 is 1.99 bits per heavy atom. The maximum absolute atomic E-state index is 14.5. The summed E-state index contributed by atoms with van der Waals surface area (Å²) in [4.78, 5) is 109. The molecule has 2 heterocycles. The van der Waals surface area contributed by atoms with Crippen molar-refractivity contribution in [3.63, 3.8) is 0 Å². The van der Waals surface area contributed by atoms with Crippen molar-refractivity contribution in [2.75, 3.05) is 18.1 Å². The largest absolute Gasteiger partial charge is 0.508 e. The fourth-order valence-electron chi connectivity index (χ4n) is 7.14. The summed E-state index contributed by atoms with van der Waals surface area (Å²) in [6.07, 6.45) is 1.06. The number of carboxylic acids is 2. The second-order valence-electron chi connectivity index (χ2n) is 16.5. The van der Waals surface area contributed by atoms with Crippen molar-refractivity contribution in [3.8, 4) is 5.75 Å². The molecule has 1 aliphatic rings. The number of nitrogens with two attached hydrogens (primary N) is 2. The number of carbonyl (C=O) groups excluding carboxylic acids is 6. The van der Waals surface area contributed by atoms with E-state index in [0.717, 1.165) is 45.0 Å². The molecule has 0 bridgehead atoms. The first-order valence-corrected chi connectivity index (χ1v) is 24.8. The summed E-state index contributed by atoms with van der Waals surface area (Å²) in [5.41, 5.74) is 14.8. The molecule has 23 heteroatoms. The molecule has 0 unspecified atom stereocenters. The van der Waals surface area contributed by atoms with Crippen LogP contribution in [-0.4, -0.2) is 139 Å². The molecule has 1 aliphatic heterocycles. The Hall–Kier alpha value is -6.66. The van der Waals surface area contributed by atoms with Gasteiger partial charge in [-0.25, -0.2) is 4.79 Å². The van der Waals surface area contributed by atoms with Crippen LogP contribution in [0, 0.1) is 0 Å². The number of nitrogens with one attached hydrogen (secondary N) is 7. The minimum Gasteiger partial charge on any atom is -0.508 e. The Labute approximate surface area is 411 Å². The molecule has 8 atom stereocenters. The van der Waals surface area contributed by atoms with Gasteiger partial charge in [-0.1, -0.05) is 82.3 Å². The summed E-state index contributed by atoms with van der Waals surface area (Å²) >= 11 is 0. The number of aromatic amines is 1. The molecule has 0 aliphatic carbocycles. The highest BCUT2D eigenvalue weighted by Crippen LogP contribution is 2.25. The van der Waals surface area contributed by atoms with Gasteiger partial charge in [-0.2, -0.15) is 0 Å². The van der Waals surface area contributed by atoms with Crippen molar-refractivity contribution < 1.29 is 58.8 Å². The van der Waals surface area contributed by atoms with Gasteiger partial charge < -0.3 is 68.8 Å². The molecule has 0 saturated carbocycles. The van der Waals surface area contributed by atoms with Gasteiger partial charge in [0.1, 0.15) is 36.0 Å². The summed E-state index contributed by atoms with van der Waals surface area (Å²) in [6.45, 7) is 2.55. The zero-order valence-corrected chi connectivity index (χ0v) is 40.2. The summed E-state index contributed by atoms with van der Waals surface area (Å²) in [5, 5.41) is 53.9. The number of para-hydroxylation sites is 1. The number of fused-ring (bicyclic) bond motifs is 1. The lowest BCUT2D eigenvalue weighted by atomic mass is 10.0. The van der Waals surface area contributed by atoms with E-state index in [4.69, 9.17) is 21.4 Å². The highest BCUT2D eigenvalue weighted by atomic mass is 33.1. The average Bonchev–Trinajstić information content (AvgIpc) is 3.72. The number of rotatable bonds is 16. The molecule has 3 aromatic carbocycles. The van der Waals surface area contributed by atoms with E-state index in [1.54, 1.807) is 42.6 Å². The Balaban J connectivity index is 0.00000256. The lowest BCUT2D eigenvalue weighted by Crippen LogP contribution is -2.61. The van der Waals surface area contributed by atoms with Crippen LogP contribution in [-0.2, 0) is 57.6 Å². The van der Waals surface area contributed by atoms with Crippen LogP contribution in [0.5, 0.6) is 5.75 Å². The third-order valence-electron chi connectivity index (χ3n) is 10.8. The normalized spacial score (nSPS) is 20.6. The first kappa shape index (κ1) is 55.9. The number of aromatic nitrogens is 1. The van der Waals surface area contributed by atoms with Gasteiger partial charge in [-0.05, 0) is 74.0 Å². The molecular formula is C47H61N9O12S2. The lowest BCUT2D eigenvalue weighted by molar-refractivity contribution is -0.145. The zero-order valence-electron chi connectivity index (χ0n) is 38.6. The number of aliphatic hydroxyl groups excluding tert-OH is 1. The van der Waals surface area contributed by atoms with Crippen LogP contribution < -0.4 is 43.4 Å². The molecule has 1 aromatic heterocycles. The fourth-order valence-corrected chi connectivity index (χ4v) is 9.47. The number of carbonyl (C=O) groups is 8. The molecule has 70 heavy (non-hydrogen) atoms. The van der Waals surface area contributed by atoms with Crippen LogP contribution in [0.3, 0.4) is 0 Å². The minimum absolute atomic E-state index is 0.0322. The lowest BCUT2D eigenvalue weighted by Gasteiger charge is -2.27. The second-order valence-corrected chi connectivity index (χ2v) is 19.0. The number of hydrogen-bond acceptors (Lipinski definition) is 14. The summed E-state index contributed by atoms with van der Waals surface area (Å²) in [7, 11) is 2.04. The number of aliphatic carboxylic acids is 2. The van der Waals surface area contributed by atoms with Gasteiger partial charge in [0.15, 0.2) is 6.04 Å². The van der Waals surface area contributed by atoms with Crippen molar-refractivity contribution in [1.82, 2.24) is 36.9 Å². The van der Waals surface area contributed by atoms with Crippen LogP contribution in [0.25, 0.3) is 10.9 Å². The van der Waals surface area contributed by atoms with Crippen molar-refractivity contribution in [2.45, 2.75) is 101 Å². The quantitative estimate of drug-likeness (QED) is 0.0527. The smallest absolute Gasteiger partial charge is 0.328 e. The van der Waals surface area contributed by atoms with Gasteiger partial charge in [0.25, 0.3) is 5.97 Å². The number of benzene rings is 3. The number of hydrogen-bond donors (Lipinski definition) is 13. The fraction of sp³-hybridized carbons (Fsp3) is 0.404. The number of amides is 6. The maximum Gasteiger partial charge on any atom is 0.328 e. The third kappa shape index (κ3) is 18.0. The van der Waals surface area contributed by atoms with Crippen LogP contribution >= 0.6 is 21.6 Å². The molecule has 5 rings (SSSR count). The van der Waals surface area contributed by atoms with Gasteiger partial charge >= 0.3 is 5.97 Å². The molecule has 1 saturated heterocycles. The number of carboxylic acid groups (broad SMARTS) is 2. The first-order valence-electron chi connectivity index (χ1n) is 22.4. The van der Waals surface area contributed by atoms with Gasteiger partial charge in [0.05, 0.1) is 12.1 Å². The summed E-state index contributed by atoms with van der Waals surface area (Å²) in [5.74, 6) is -7.50. The molecule has 15 N–H and O–H groups in total. The molecular weight excluding hydrogens is 947 g/mol. The molecule has 0 spiro atoms. The molecule has 1 fully saturated rings. The SMILES string of the molecule is CC(=O)O.C[C@@H](O)[C@H](NC(=O)[C@@H]1CSSC[C@H](NC(=O)[C@H](N)Cc2ccccc2)C(=O)N[C@@H](Cc2ccc(O)cc2)C(=O)N[C@H](Cc2c[nH]c3ccccc23)C(=O)N[C@@H](CCCCN)C(=O)N1)C(=O)O. The number of aliphatic hydroxyl groups is 1. The van der Waals surface area contributed by atoms with Gasteiger partial charge in [0, 0.05) is 48.4 Å². The first-order chi connectivity index (χ1) is 33.4. The number of aromatic hydroxyl groups is 1. The van der Waals surface area contributed by atoms with Gasteiger partial charge in [-0.15, -0.1) is 0 Å². The molecule has 21 nitrogen and oxygen atoms in total. The standard InChI is InChI=1S/C45H57N9O10S2.C2H4O2/c1-25(55)38(45(63)64)54-44(62)37-24-66-65-23-36(52-39(57)31(47)19-26-9-3-2-4-10-26)43(61)50-34(20-27-14-16-29(56)17-15-27)41(59)51-35(21-28-22-48-32-12-6-5-11-30(28)32)42(60)49-33(40(58)53-37)13-7-8-18-46;1-2(3)4/h2-6,9-12,14-17,22,25,31,33-38,48,55-56H,7-8,13,18-21,23-24,46-47H2,1H3,(H,49,60)(H,50,61)(H,51,59)(H,52,57)(H,53,58)(H,54,62)(H,63,64);1H3,(H,3,4)/t25-,31-,33+,34+,35-,36+,37+,38+;/m1./s1. The highest BCUT2D eigenvalue weighted by Gasteiger charge is 2.35. The van der Waals surface area contributed by atoms with Crippen molar-refractivity contribution in [3.05, 3.63) is 102 Å². The molecule has 0 radical (unpaired) electrons. The van der Waals surface area contributed by atoms with E-state index in [9.17, 15) is 48.9 Å². The number of phenols is 1. The van der Waals surface area contributed by atoms with E-state index in [1.165, 1.54) is 19.1 Å². The Morgan fingerprint density at radius 2 is 1.34 bits per heavy atom. The maximum atomic E-state index is 14.5. The molecule has 4 aromatic rings. The second kappa shape index (κ2) is 28.1. The summed E-state index contributed by atoms with van der Waals surface area (Å²) < 4.78 is 0. The number of phenolic OH excluding ortho intramolecular Hbond substituents is 1. The average molecular weight is 1010 g/mol. The zero-order chi connectivity index (χ0) is 51.3. The third-order valence-corrected chi connectivity index (χ3v) is 13.2. The van der Waals surface area contributed by atoms with Crippen LogP contribution in [0.1, 0.15) is 49.8 Å². The van der Waals surface area contributed by atoms with E-state index in [2.05, 4.69) is 36.9 Å². The van der Waals surface area contributed by atoms with Crippen molar-refractivity contribution in [1.29, 1.82) is 0 Å². The van der Waals surface area contributed by atoms with E-state index >= 15 is 0 Å². The Kier molecular flexibility index (Phi) is 22.5. The van der Waals surface area contributed by atoms with E-state index in [-0.39, 0.29) is 49.5 Å². The van der Waals surface area contributed by atoms with E-state index < -0.39 is 95.8 Å². The summed E-state index contributed by atoms with van der Waals surface area (Å²) in [6, 6.07) is 12.8. The van der Waals surface area contributed by atoms with Crippen molar-refractivity contribution in [2.24, 2.45) is 11.5 Å². The van der Waals surface area contributed by atoms with Crippen LogP contribution in [0.15, 0.2) is 85.1 Å². The van der Waals surface area contributed by atoms with Crippen LogP contribution in [0.4, 0.5) is 0 Å². The van der Waals surface area contributed by atoms with Gasteiger partial charge in [-0.3, -0.25) is 33.6 Å². The predicted molar refractivity (Wildman–Crippen MR) is 264 cm³/mol. The van der Waals surface area contributed by atoms with E-state index in [1.807, 2.05) is 30.3 Å². The Bertz CT molecular complexity index is 2400. The van der Waals surface area contributed by atoms with Crippen LogP contribution in [0.2, 0.25) is 0 Å². The minimum atomic E-state index is -1.73. The number of unbranched alkanes of at least 4 members (excludes halogenated alkanes) is 1. The highest BCUT2D eigenvalue weighted by molar-refractivity contribution is 8.76. The topological polar surface area (TPSA) is 357 Å². The van der Waals surface area contributed by atoms with Gasteiger partial charge in [0.2, 0.25) is 35.4 Å². The molecule has 378 valence electrons. The molecule has 6 amide bonds. The predicted octanol–water partition coefficient (Wildman–Crippen LogP) is 0.218. The number of H-pyrrole nitrogens is 1. The Morgan fingerprint density at radius 1 is 0.757 bits per heavy atom. The van der Waals surface area contributed by atoms with Crippen molar-refractivity contribution >= 4 is 79.9 Å².